The van der Waals surface area contributed by atoms with Gasteiger partial charge in [-0.05, 0) is 31.2 Å². The van der Waals surface area contributed by atoms with E-state index in [-0.39, 0.29) is 35.9 Å². The van der Waals surface area contributed by atoms with Gasteiger partial charge in [0.25, 0.3) is 0 Å². The van der Waals surface area contributed by atoms with Crippen LogP contribution in [0, 0.1) is 5.82 Å². The molecule has 1 unspecified atom stereocenters. The average molecular weight is 528 g/mol. The normalized spacial score (nSPS) is 12.2. The highest BCUT2D eigenvalue weighted by Crippen LogP contribution is 2.17. The van der Waals surface area contributed by atoms with Crippen LogP contribution in [0.5, 0.6) is 5.75 Å². The number of fused-ring (bicyclic) bond motifs is 1. The van der Waals surface area contributed by atoms with Gasteiger partial charge in [-0.2, -0.15) is 5.10 Å². The zero-order valence-electron chi connectivity index (χ0n) is 17.1. The molecule has 0 aliphatic heterocycles. The molecule has 3 aromatic rings. The summed E-state index contributed by atoms with van der Waals surface area (Å²) in [7, 11) is 3.55. The molecule has 3 rings (SSSR count). The van der Waals surface area contributed by atoms with Crippen LogP contribution in [0.4, 0.5) is 10.2 Å². The predicted molar refractivity (Wildman–Crippen MR) is 126 cm³/mol. The molecule has 30 heavy (non-hydrogen) atoms. The van der Waals surface area contributed by atoms with Crippen molar-refractivity contribution in [3.63, 3.8) is 0 Å². The number of aliphatic imine (C=N–C) groups is 1. The molecule has 162 valence electrons. The Balaban J connectivity index is 0.00000320. The molecule has 0 amide bonds. The molecule has 0 saturated heterocycles. The van der Waals surface area contributed by atoms with Gasteiger partial charge in [-0.15, -0.1) is 24.0 Å². The fourth-order valence-corrected chi connectivity index (χ4v) is 2.71. The number of hydrogen-bond donors (Lipinski definition) is 3. The number of aryl methyl sites for hydroxylation is 1. The van der Waals surface area contributed by atoms with Gasteiger partial charge in [-0.3, -0.25) is 9.67 Å². The van der Waals surface area contributed by atoms with Gasteiger partial charge in [-0.1, -0.05) is 0 Å². The number of anilines is 1. The number of nitrogens with one attached hydrogen (secondary N) is 3. The van der Waals surface area contributed by atoms with Crippen LogP contribution >= 0.6 is 24.0 Å². The maximum absolute atomic E-state index is 12.9. The van der Waals surface area contributed by atoms with Crippen LogP contribution in [0.15, 0.2) is 41.8 Å². The molecule has 2 aromatic heterocycles. The molecule has 11 heteroatoms. The molecule has 0 aliphatic rings. The molecule has 9 nitrogen and oxygen atoms in total. The highest BCUT2D eigenvalue weighted by atomic mass is 127. The largest absolute Gasteiger partial charge is 0.489 e. The zero-order chi connectivity index (χ0) is 20.6. The van der Waals surface area contributed by atoms with E-state index in [0.717, 1.165) is 16.9 Å². The number of halogens is 2. The van der Waals surface area contributed by atoms with Crippen molar-refractivity contribution >= 4 is 46.8 Å². The van der Waals surface area contributed by atoms with E-state index < -0.39 is 0 Å². The maximum Gasteiger partial charge on any atom is 0.191 e. The third-order valence-electron chi connectivity index (χ3n) is 4.17. The van der Waals surface area contributed by atoms with Crippen LogP contribution in [-0.2, 0) is 7.05 Å². The van der Waals surface area contributed by atoms with Crippen LogP contribution < -0.4 is 20.7 Å². The van der Waals surface area contributed by atoms with Crippen molar-refractivity contribution in [3.05, 3.63) is 42.6 Å². The minimum atomic E-state index is -0.285. The molecule has 1 atom stereocenters. The number of hydrogen-bond acceptors (Lipinski definition) is 6. The first-order chi connectivity index (χ1) is 14.1. The van der Waals surface area contributed by atoms with Crippen LogP contribution in [0.2, 0.25) is 0 Å². The van der Waals surface area contributed by atoms with E-state index in [9.17, 15) is 4.39 Å². The summed E-state index contributed by atoms with van der Waals surface area (Å²) in [6, 6.07) is 5.97. The number of nitrogens with zero attached hydrogens (tertiary/aromatic N) is 5. The van der Waals surface area contributed by atoms with Crippen LogP contribution in [0.1, 0.15) is 6.92 Å². The number of guanidine groups is 1. The molecule has 1 aromatic carbocycles. The first-order valence-corrected chi connectivity index (χ1v) is 9.30. The van der Waals surface area contributed by atoms with Crippen molar-refractivity contribution in [2.45, 2.75) is 13.0 Å². The Kier molecular flexibility index (Phi) is 9.02. The average Bonchev–Trinajstić information content (AvgIpc) is 3.11. The summed E-state index contributed by atoms with van der Waals surface area (Å²) < 4.78 is 20.4. The quantitative estimate of drug-likeness (QED) is 0.178. The molecule has 0 radical (unpaired) electrons. The highest BCUT2D eigenvalue weighted by molar-refractivity contribution is 14.0. The van der Waals surface area contributed by atoms with Crippen LogP contribution in [0.3, 0.4) is 0 Å². The van der Waals surface area contributed by atoms with Crippen molar-refractivity contribution in [2.24, 2.45) is 12.0 Å². The van der Waals surface area contributed by atoms with E-state index in [1.807, 2.05) is 14.0 Å². The van der Waals surface area contributed by atoms with Gasteiger partial charge >= 0.3 is 0 Å². The molecule has 3 N–H and O–H groups in total. The van der Waals surface area contributed by atoms with E-state index in [0.29, 0.717) is 31.3 Å². The monoisotopic (exact) mass is 528 g/mol. The molecule has 0 spiro atoms. The fraction of sp³-hybridized carbons (Fsp3) is 0.368. The Morgan fingerprint density at radius 1 is 1.20 bits per heavy atom. The van der Waals surface area contributed by atoms with Crippen LogP contribution in [0.25, 0.3) is 11.0 Å². The van der Waals surface area contributed by atoms with Crippen LogP contribution in [-0.4, -0.2) is 58.5 Å². The Morgan fingerprint density at radius 2 is 1.97 bits per heavy atom. The lowest BCUT2D eigenvalue weighted by molar-refractivity contribution is 0.223. The van der Waals surface area contributed by atoms with Crippen molar-refractivity contribution < 1.29 is 9.13 Å². The summed E-state index contributed by atoms with van der Waals surface area (Å²) in [6.07, 6.45) is 3.15. The predicted octanol–water partition coefficient (Wildman–Crippen LogP) is 2.16. The minimum Gasteiger partial charge on any atom is -0.489 e. The first kappa shape index (κ1) is 23.6. The summed E-state index contributed by atoms with van der Waals surface area (Å²) in [5.41, 5.74) is 0.781. The second-order valence-corrected chi connectivity index (χ2v) is 6.42. The van der Waals surface area contributed by atoms with E-state index in [1.165, 1.54) is 18.5 Å². The molecule has 2 heterocycles. The number of benzene rings is 1. The molecule has 0 saturated carbocycles. The van der Waals surface area contributed by atoms with Gasteiger partial charge < -0.3 is 20.7 Å². The smallest absolute Gasteiger partial charge is 0.191 e. The van der Waals surface area contributed by atoms with E-state index in [4.69, 9.17) is 4.74 Å². The summed E-state index contributed by atoms with van der Waals surface area (Å²) in [4.78, 5) is 12.7. The Labute approximate surface area is 191 Å². The van der Waals surface area contributed by atoms with Gasteiger partial charge in [0.1, 0.15) is 29.8 Å². The SMILES string of the molecule is CN=C(NCCNc1ncnc2c1cnn2C)NCC(C)Oc1ccc(F)cc1.I. The van der Waals surface area contributed by atoms with Crippen molar-refractivity contribution in [3.8, 4) is 5.75 Å². The second-order valence-electron chi connectivity index (χ2n) is 6.42. The van der Waals surface area contributed by atoms with Gasteiger partial charge in [-0.25, -0.2) is 14.4 Å². The zero-order valence-corrected chi connectivity index (χ0v) is 19.4. The number of aromatic nitrogens is 4. The van der Waals surface area contributed by atoms with Gasteiger partial charge in [0.15, 0.2) is 11.6 Å². The lowest BCUT2D eigenvalue weighted by atomic mass is 10.3. The van der Waals surface area contributed by atoms with Gasteiger partial charge in [0.2, 0.25) is 0 Å². The lowest BCUT2D eigenvalue weighted by Gasteiger charge is -2.18. The van der Waals surface area contributed by atoms with E-state index in [2.05, 4.69) is 36.0 Å². The topological polar surface area (TPSA) is 101 Å². The molecular formula is C19H26FIN8O. The highest BCUT2D eigenvalue weighted by Gasteiger charge is 2.08. The summed E-state index contributed by atoms with van der Waals surface area (Å²) in [6.45, 7) is 3.76. The van der Waals surface area contributed by atoms with Crippen molar-refractivity contribution in [1.29, 1.82) is 0 Å². The molecular weight excluding hydrogens is 502 g/mol. The second kappa shape index (κ2) is 11.5. The van der Waals surface area contributed by atoms with E-state index in [1.54, 1.807) is 30.1 Å². The third-order valence-corrected chi connectivity index (χ3v) is 4.17. The van der Waals surface area contributed by atoms with E-state index >= 15 is 0 Å². The molecule has 0 fully saturated rings. The summed E-state index contributed by atoms with van der Waals surface area (Å²) in [5, 5.41) is 14.8. The fourth-order valence-electron chi connectivity index (χ4n) is 2.71. The summed E-state index contributed by atoms with van der Waals surface area (Å²) >= 11 is 0. The Morgan fingerprint density at radius 3 is 2.70 bits per heavy atom. The van der Waals surface area contributed by atoms with Crippen molar-refractivity contribution in [1.82, 2.24) is 30.4 Å². The maximum atomic E-state index is 12.9. The number of ether oxygens (including phenoxy) is 1. The van der Waals surface area contributed by atoms with Gasteiger partial charge in [0, 0.05) is 27.2 Å². The Hall–Kier alpha value is -2.70. The Bertz CT molecular complexity index is 963. The van der Waals surface area contributed by atoms with Gasteiger partial charge in [0.05, 0.1) is 18.1 Å². The lowest BCUT2D eigenvalue weighted by Crippen LogP contribution is -2.43. The van der Waals surface area contributed by atoms with Crippen molar-refractivity contribution in [2.75, 3.05) is 32.0 Å². The molecule has 0 bridgehead atoms. The standard InChI is InChI=1S/C19H25FN8O.HI/c1-13(29-15-6-4-14(20)5-7-15)10-24-19(21-2)23-9-8-22-17-16-11-27-28(3)18(16)26-12-25-17;/h4-7,11-13H,8-10H2,1-3H3,(H2,21,23,24)(H,22,25,26);1H. The minimum absolute atomic E-state index is 0. The summed E-state index contributed by atoms with van der Waals surface area (Å²) in [5.74, 6) is 1.75. The third kappa shape index (κ3) is 6.40. The number of rotatable bonds is 8. The first-order valence-electron chi connectivity index (χ1n) is 9.30. The molecule has 0 aliphatic carbocycles.